The monoisotopic (exact) mass is 369 g/mol. The largest absolute Gasteiger partial charge is 0.492 e. The molecule has 136 valence electrons. The van der Waals surface area contributed by atoms with Crippen molar-refractivity contribution in [3.8, 4) is 5.75 Å². The van der Waals surface area contributed by atoms with Crippen molar-refractivity contribution >= 4 is 21.6 Å². The third kappa shape index (κ3) is 3.52. The van der Waals surface area contributed by atoms with E-state index in [1.54, 1.807) is 11.3 Å². The van der Waals surface area contributed by atoms with Crippen molar-refractivity contribution < 1.29 is 4.74 Å². The number of hydrogen-bond acceptors (Lipinski definition) is 5. The Balaban J connectivity index is 1.40. The minimum absolute atomic E-state index is 0.00816. The van der Waals surface area contributed by atoms with Gasteiger partial charge in [0.15, 0.2) is 0 Å². The average molecular weight is 369 g/mol. The minimum Gasteiger partial charge on any atom is -0.492 e. The molecule has 0 unspecified atom stereocenters. The zero-order valence-electron chi connectivity index (χ0n) is 15.2. The second kappa shape index (κ2) is 7.21. The molecule has 0 aliphatic heterocycles. The van der Waals surface area contributed by atoms with Crippen LogP contribution in [0.5, 0.6) is 5.75 Å². The van der Waals surface area contributed by atoms with E-state index in [0.717, 1.165) is 47.6 Å². The molecule has 2 heterocycles. The first kappa shape index (κ1) is 17.2. The highest BCUT2D eigenvalue weighted by molar-refractivity contribution is 7.18. The number of nitrogens with one attached hydrogen (secondary N) is 1. The van der Waals surface area contributed by atoms with Gasteiger partial charge < -0.3 is 9.72 Å². The molecule has 0 saturated carbocycles. The Kier molecular flexibility index (Phi) is 4.78. The van der Waals surface area contributed by atoms with Crippen LogP contribution in [0.1, 0.15) is 28.2 Å². The SMILES string of the molecule is Cc1cccc(OCCN(C)Cc2nc3sc4c(c3c(=O)[nH]2)CCC4)c1. The van der Waals surface area contributed by atoms with E-state index in [9.17, 15) is 4.79 Å². The van der Waals surface area contributed by atoms with E-state index in [-0.39, 0.29) is 5.56 Å². The van der Waals surface area contributed by atoms with Gasteiger partial charge in [-0.05, 0) is 56.5 Å². The highest BCUT2D eigenvalue weighted by Crippen LogP contribution is 2.34. The zero-order valence-corrected chi connectivity index (χ0v) is 16.0. The summed E-state index contributed by atoms with van der Waals surface area (Å²) in [6.07, 6.45) is 3.25. The fourth-order valence-corrected chi connectivity index (χ4v) is 4.76. The number of hydrogen-bond donors (Lipinski definition) is 1. The van der Waals surface area contributed by atoms with Crippen LogP contribution >= 0.6 is 11.3 Å². The summed E-state index contributed by atoms with van der Waals surface area (Å²) in [5.74, 6) is 1.61. The maximum atomic E-state index is 12.5. The Morgan fingerprint density at radius 3 is 3.08 bits per heavy atom. The molecule has 2 aromatic heterocycles. The third-order valence-corrected chi connectivity index (χ3v) is 5.96. The highest BCUT2D eigenvalue weighted by atomic mass is 32.1. The number of benzene rings is 1. The normalized spacial score (nSPS) is 13.5. The number of aromatic nitrogens is 2. The van der Waals surface area contributed by atoms with Gasteiger partial charge in [0.05, 0.1) is 11.9 Å². The van der Waals surface area contributed by atoms with Crippen molar-refractivity contribution in [3.05, 3.63) is 56.4 Å². The van der Waals surface area contributed by atoms with Gasteiger partial charge in [-0.2, -0.15) is 0 Å². The number of likely N-dealkylation sites (N-methyl/N-ethyl adjacent to an activating group) is 1. The Morgan fingerprint density at radius 2 is 2.23 bits per heavy atom. The first-order chi connectivity index (χ1) is 12.6. The predicted molar refractivity (Wildman–Crippen MR) is 105 cm³/mol. The van der Waals surface area contributed by atoms with Gasteiger partial charge in [0.1, 0.15) is 23.0 Å². The summed E-state index contributed by atoms with van der Waals surface area (Å²) in [6.45, 7) is 4.01. The first-order valence-electron chi connectivity index (χ1n) is 9.01. The summed E-state index contributed by atoms with van der Waals surface area (Å²) in [7, 11) is 2.01. The van der Waals surface area contributed by atoms with E-state index in [1.165, 1.54) is 16.0 Å². The highest BCUT2D eigenvalue weighted by Gasteiger charge is 2.21. The second-order valence-electron chi connectivity index (χ2n) is 6.95. The summed E-state index contributed by atoms with van der Waals surface area (Å²) in [4.78, 5) is 24.5. The van der Waals surface area contributed by atoms with Crippen LogP contribution in [0.15, 0.2) is 29.1 Å². The van der Waals surface area contributed by atoms with Crippen molar-refractivity contribution in [2.24, 2.45) is 0 Å². The van der Waals surface area contributed by atoms with Crippen molar-refractivity contribution in [3.63, 3.8) is 0 Å². The third-order valence-electron chi connectivity index (χ3n) is 4.78. The molecule has 0 radical (unpaired) electrons. The molecule has 1 aliphatic carbocycles. The van der Waals surface area contributed by atoms with E-state index < -0.39 is 0 Å². The lowest BCUT2D eigenvalue weighted by atomic mass is 10.2. The van der Waals surface area contributed by atoms with E-state index in [4.69, 9.17) is 9.72 Å². The first-order valence-corrected chi connectivity index (χ1v) is 9.83. The van der Waals surface area contributed by atoms with Crippen molar-refractivity contribution in [1.29, 1.82) is 0 Å². The fraction of sp³-hybridized carbons (Fsp3) is 0.400. The topological polar surface area (TPSA) is 58.2 Å². The molecule has 5 nitrogen and oxygen atoms in total. The maximum Gasteiger partial charge on any atom is 0.259 e. The van der Waals surface area contributed by atoms with Crippen molar-refractivity contribution in [2.75, 3.05) is 20.2 Å². The van der Waals surface area contributed by atoms with E-state index in [1.807, 2.05) is 25.2 Å². The van der Waals surface area contributed by atoms with E-state index in [0.29, 0.717) is 13.2 Å². The molecular weight excluding hydrogens is 346 g/mol. The Labute approximate surface area is 156 Å². The van der Waals surface area contributed by atoms with Crippen LogP contribution in [0, 0.1) is 6.92 Å². The molecular formula is C20H23N3O2S. The number of fused-ring (bicyclic) bond motifs is 3. The van der Waals surface area contributed by atoms with Gasteiger partial charge >= 0.3 is 0 Å². The lowest BCUT2D eigenvalue weighted by molar-refractivity contribution is 0.230. The van der Waals surface area contributed by atoms with Crippen LogP contribution in [0.25, 0.3) is 10.2 Å². The molecule has 3 aromatic rings. The zero-order chi connectivity index (χ0) is 18.1. The molecule has 1 aromatic carbocycles. The van der Waals surface area contributed by atoms with Crippen molar-refractivity contribution in [2.45, 2.75) is 32.7 Å². The van der Waals surface area contributed by atoms with Gasteiger partial charge in [-0.1, -0.05) is 12.1 Å². The number of ether oxygens (including phenoxy) is 1. The molecule has 0 amide bonds. The number of thiophene rings is 1. The summed E-state index contributed by atoms with van der Waals surface area (Å²) in [5, 5.41) is 0.816. The quantitative estimate of drug-likeness (QED) is 0.724. The molecule has 0 bridgehead atoms. The van der Waals surface area contributed by atoms with Crippen LogP contribution in [0.2, 0.25) is 0 Å². The standard InChI is InChI=1S/C20H23N3O2S/c1-13-5-3-6-14(11-13)25-10-9-23(2)12-17-21-19(24)18-15-7-4-8-16(15)26-20(18)22-17/h3,5-6,11H,4,7-10,12H2,1-2H3,(H,21,22,24). The Morgan fingerprint density at radius 1 is 1.35 bits per heavy atom. The Hall–Kier alpha value is -2.18. The van der Waals surface area contributed by atoms with Crippen LogP contribution in [-0.4, -0.2) is 35.1 Å². The molecule has 6 heteroatoms. The van der Waals surface area contributed by atoms with Gasteiger partial charge in [0, 0.05) is 11.4 Å². The van der Waals surface area contributed by atoms with Gasteiger partial charge in [-0.15, -0.1) is 11.3 Å². The van der Waals surface area contributed by atoms with E-state index in [2.05, 4.69) is 22.9 Å². The smallest absolute Gasteiger partial charge is 0.259 e. The number of H-pyrrole nitrogens is 1. The maximum absolute atomic E-state index is 12.5. The molecule has 0 atom stereocenters. The molecule has 0 fully saturated rings. The minimum atomic E-state index is 0.00816. The summed E-state index contributed by atoms with van der Waals surface area (Å²) < 4.78 is 5.80. The van der Waals surface area contributed by atoms with Crippen LogP contribution in [0.3, 0.4) is 0 Å². The molecule has 0 spiro atoms. The van der Waals surface area contributed by atoms with Gasteiger partial charge in [-0.3, -0.25) is 9.69 Å². The van der Waals surface area contributed by atoms with Crippen molar-refractivity contribution in [1.82, 2.24) is 14.9 Å². The number of nitrogens with zero attached hydrogens (tertiary/aromatic N) is 2. The van der Waals surface area contributed by atoms with Gasteiger partial charge in [-0.25, -0.2) is 4.98 Å². The molecule has 1 N–H and O–H groups in total. The average Bonchev–Trinajstić information content (AvgIpc) is 3.15. The molecule has 1 aliphatic rings. The number of rotatable bonds is 6. The van der Waals surface area contributed by atoms with Gasteiger partial charge in [0.2, 0.25) is 0 Å². The van der Waals surface area contributed by atoms with E-state index >= 15 is 0 Å². The van der Waals surface area contributed by atoms with Crippen LogP contribution in [-0.2, 0) is 19.4 Å². The summed E-state index contributed by atoms with van der Waals surface area (Å²) in [5.41, 5.74) is 2.42. The summed E-state index contributed by atoms with van der Waals surface area (Å²) >= 11 is 1.68. The molecule has 0 saturated heterocycles. The number of aryl methyl sites for hydroxylation is 3. The Bertz CT molecular complexity index is 992. The molecule has 4 rings (SSSR count). The summed E-state index contributed by atoms with van der Waals surface area (Å²) in [6, 6.07) is 8.05. The lowest BCUT2D eigenvalue weighted by Gasteiger charge is -2.16. The fourth-order valence-electron chi connectivity index (χ4n) is 3.48. The van der Waals surface area contributed by atoms with Crippen LogP contribution in [0.4, 0.5) is 0 Å². The predicted octanol–water partition coefficient (Wildman–Crippen LogP) is 3.29. The number of aromatic amines is 1. The van der Waals surface area contributed by atoms with Crippen LogP contribution < -0.4 is 10.3 Å². The molecule has 26 heavy (non-hydrogen) atoms. The lowest BCUT2D eigenvalue weighted by Crippen LogP contribution is -2.26. The van der Waals surface area contributed by atoms with Gasteiger partial charge in [0.25, 0.3) is 5.56 Å². The second-order valence-corrected chi connectivity index (χ2v) is 8.04.